The summed E-state index contributed by atoms with van der Waals surface area (Å²) in [5.74, 6) is 3.58. The first kappa shape index (κ1) is 16.7. The van der Waals surface area contributed by atoms with Crippen molar-refractivity contribution in [2.24, 2.45) is 0 Å². The van der Waals surface area contributed by atoms with Gasteiger partial charge in [0.2, 0.25) is 0 Å². The van der Waals surface area contributed by atoms with Crippen LogP contribution in [0.3, 0.4) is 0 Å². The van der Waals surface area contributed by atoms with Crippen LogP contribution in [0.5, 0.6) is 11.5 Å². The van der Waals surface area contributed by atoms with Crippen molar-refractivity contribution in [1.82, 2.24) is 9.88 Å². The van der Waals surface area contributed by atoms with E-state index in [1.807, 2.05) is 25.1 Å². The number of rotatable bonds is 5. The Morgan fingerprint density at radius 1 is 1.15 bits per heavy atom. The number of aromatic nitrogens is 1. The van der Waals surface area contributed by atoms with Crippen LogP contribution in [0.4, 0.5) is 0 Å². The molecule has 0 bridgehead atoms. The molecule has 0 spiro atoms. The lowest BCUT2D eigenvalue weighted by Crippen LogP contribution is -2.23. The van der Waals surface area contributed by atoms with Crippen LogP contribution in [0.2, 0.25) is 0 Å². The number of nitrogens with zero attached hydrogens (tertiary/aromatic N) is 2. The molecule has 1 aromatic carbocycles. The van der Waals surface area contributed by atoms with Gasteiger partial charge in [0, 0.05) is 12.6 Å². The van der Waals surface area contributed by atoms with Crippen molar-refractivity contribution in [2.75, 3.05) is 20.3 Å². The molecule has 3 heterocycles. The number of ether oxygens (including phenoxy) is 2. The summed E-state index contributed by atoms with van der Waals surface area (Å²) in [7, 11) is 2.07. The molecule has 0 amide bonds. The maximum atomic E-state index is 5.75. The van der Waals surface area contributed by atoms with Gasteiger partial charge >= 0.3 is 0 Å². The van der Waals surface area contributed by atoms with Gasteiger partial charge in [0.1, 0.15) is 19.0 Å². The Labute approximate surface area is 152 Å². The first-order valence-corrected chi connectivity index (χ1v) is 8.72. The molecule has 0 fully saturated rings. The van der Waals surface area contributed by atoms with Gasteiger partial charge in [-0.3, -0.25) is 4.90 Å². The Kier molecular flexibility index (Phi) is 4.42. The molecule has 0 saturated heterocycles. The molecule has 6 nitrogen and oxygen atoms in total. The Morgan fingerprint density at radius 2 is 1.96 bits per heavy atom. The Morgan fingerprint density at radius 3 is 2.73 bits per heavy atom. The van der Waals surface area contributed by atoms with Gasteiger partial charge in [0.25, 0.3) is 5.89 Å². The summed E-state index contributed by atoms with van der Waals surface area (Å²) in [5.41, 5.74) is 2.08. The van der Waals surface area contributed by atoms with Crippen molar-refractivity contribution in [3.8, 4) is 23.1 Å². The Bertz CT molecular complexity index is 885. The van der Waals surface area contributed by atoms with E-state index in [2.05, 4.69) is 36.0 Å². The summed E-state index contributed by atoms with van der Waals surface area (Å²) in [6, 6.07) is 9.97. The van der Waals surface area contributed by atoms with Crippen LogP contribution in [-0.4, -0.2) is 30.1 Å². The van der Waals surface area contributed by atoms with E-state index in [9.17, 15) is 0 Å². The molecule has 0 aliphatic carbocycles. The molecule has 1 aliphatic heterocycles. The molecule has 136 valence electrons. The van der Waals surface area contributed by atoms with Gasteiger partial charge in [-0.1, -0.05) is 6.07 Å². The second-order valence-electron chi connectivity index (χ2n) is 6.49. The third-order valence-corrected chi connectivity index (χ3v) is 4.73. The van der Waals surface area contributed by atoms with Crippen LogP contribution in [0, 0.1) is 6.92 Å². The number of benzene rings is 1. The summed E-state index contributed by atoms with van der Waals surface area (Å²) >= 11 is 0. The zero-order chi connectivity index (χ0) is 18.1. The SMILES string of the molecule is Cc1oc(-c2ccco2)nc1CN(C)[C@@H](C)c1ccc2c(c1)OCCO2. The van der Waals surface area contributed by atoms with Crippen LogP contribution in [0.15, 0.2) is 45.4 Å². The molecule has 3 aromatic rings. The van der Waals surface area contributed by atoms with Crippen LogP contribution in [0.1, 0.15) is 30.0 Å². The van der Waals surface area contributed by atoms with E-state index in [1.165, 1.54) is 5.56 Å². The molecular formula is C20H22N2O4. The van der Waals surface area contributed by atoms with Crippen molar-refractivity contribution >= 4 is 0 Å². The van der Waals surface area contributed by atoms with Crippen molar-refractivity contribution in [3.63, 3.8) is 0 Å². The molecule has 0 unspecified atom stereocenters. The number of oxazole rings is 1. The van der Waals surface area contributed by atoms with Crippen LogP contribution in [0.25, 0.3) is 11.7 Å². The van der Waals surface area contributed by atoms with E-state index in [0.29, 0.717) is 31.4 Å². The fraction of sp³-hybridized carbons (Fsp3) is 0.350. The van der Waals surface area contributed by atoms with Crippen LogP contribution < -0.4 is 9.47 Å². The molecule has 4 rings (SSSR count). The highest BCUT2D eigenvalue weighted by Crippen LogP contribution is 2.34. The molecule has 0 N–H and O–H groups in total. The first-order chi connectivity index (χ1) is 12.6. The minimum Gasteiger partial charge on any atom is -0.486 e. The highest BCUT2D eigenvalue weighted by molar-refractivity contribution is 5.45. The van der Waals surface area contributed by atoms with E-state index in [0.717, 1.165) is 23.0 Å². The molecular weight excluding hydrogens is 332 g/mol. The Hall–Kier alpha value is -2.73. The second kappa shape index (κ2) is 6.88. The third kappa shape index (κ3) is 3.20. The zero-order valence-corrected chi connectivity index (χ0v) is 15.2. The lowest BCUT2D eigenvalue weighted by molar-refractivity contribution is 0.170. The lowest BCUT2D eigenvalue weighted by atomic mass is 10.1. The fourth-order valence-corrected chi connectivity index (χ4v) is 3.03. The number of hydrogen-bond donors (Lipinski definition) is 0. The third-order valence-electron chi connectivity index (χ3n) is 4.73. The van der Waals surface area contributed by atoms with Gasteiger partial charge in [0.05, 0.1) is 12.0 Å². The Balaban J connectivity index is 1.50. The van der Waals surface area contributed by atoms with E-state index >= 15 is 0 Å². The smallest absolute Gasteiger partial charge is 0.263 e. The highest BCUT2D eigenvalue weighted by atomic mass is 16.6. The quantitative estimate of drug-likeness (QED) is 0.684. The van der Waals surface area contributed by atoms with E-state index in [-0.39, 0.29) is 6.04 Å². The second-order valence-corrected chi connectivity index (χ2v) is 6.49. The molecule has 26 heavy (non-hydrogen) atoms. The molecule has 6 heteroatoms. The highest BCUT2D eigenvalue weighted by Gasteiger charge is 2.20. The standard InChI is InChI=1S/C20H22N2O4/c1-13(15-6-7-17-19(11-15)25-10-9-24-17)22(3)12-16-14(2)26-20(21-16)18-5-4-8-23-18/h4-8,11,13H,9-10,12H2,1-3H3/t13-/m0/s1. The van der Waals surface area contributed by atoms with Crippen molar-refractivity contribution < 1.29 is 18.3 Å². The summed E-state index contributed by atoms with van der Waals surface area (Å²) in [6.07, 6.45) is 1.62. The number of aryl methyl sites for hydroxylation is 1. The largest absolute Gasteiger partial charge is 0.486 e. The van der Waals surface area contributed by atoms with Crippen LogP contribution in [-0.2, 0) is 6.54 Å². The van der Waals surface area contributed by atoms with Gasteiger partial charge in [-0.25, -0.2) is 4.98 Å². The average molecular weight is 354 g/mol. The molecule has 0 radical (unpaired) electrons. The summed E-state index contributed by atoms with van der Waals surface area (Å²) in [5, 5.41) is 0. The molecule has 0 saturated carbocycles. The predicted octanol–water partition coefficient (Wildman–Crippen LogP) is 4.21. The van der Waals surface area contributed by atoms with Crippen molar-refractivity contribution in [2.45, 2.75) is 26.4 Å². The average Bonchev–Trinajstić information content (AvgIpc) is 3.31. The van der Waals surface area contributed by atoms with E-state index in [4.69, 9.17) is 18.3 Å². The van der Waals surface area contributed by atoms with E-state index in [1.54, 1.807) is 6.26 Å². The normalized spacial score (nSPS) is 14.6. The summed E-state index contributed by atoms with van der Waals surface area (Å²) in [4.78, 5) is 6.82. The van der Waals surface area contributed by atoms with Gasteiger partial charge in [-0.05, 0) is 50.7 Å². The monoisotopic (exact) mass is 354 g/mol. The zero-order valence-electron chi connectivity index (χ0n) is 15.2. The molecule has 1 aliphatic rings. The minimum atomic E-state index is 0.189. The summed E-state index contributed by atoms with van der Waals surface area (Å²) < 4.78 is 22.4. The topological polar surface area (TPSA) is 60.9 Å². The van der Waals surface area contributed by atoms with Crippen LogP contribution >= 0.6 is 0 Å². The first-order valence-electron chi connectivity index (χ1n) is 8.72. The molecule has 2 aromatic heterocycles. The van der Waals surface area contributed by atoms with Gasteiger partial charge in [-0.15, -0.1) is 0 Å². The van der Waals surface area contributed by atoms with Gasteiger partial charge < -0.3 is 18.3 Å². The molecule has 1 atom stereocenters. The lowest BCUT2D eigenvalue weighted by Gasteiger charge is -2.26. The van der Waals surface area contributed by atoms with E-state index < -0.39 is 0 Å². The number of furan rings is 1. The van der Waals surface area contributed by atoms with Gasteiger partial charge in [-0.2, -0.15) is 0 Å². The fourth-order valence-electron chi connectivity index (χ4n) is 3.03. The van der Waals surface area contributed by atoms with Crippen molar-refractivity contribution in [1.29, 1.82) is 0 Å². The summed E-state index contributed by atoms with van der Waals surface area (Å²) in [6.45, 7) is 5.96. The maximum absolute atomic E-state index is 5.75. The predicted molar refractivity (Wildman–Crippen MR) is 96.3 cm³/mol. The number of fused-ring (bicyclic) bond motifs is 1. The minimum absolute atomic E-state index is 0.189. The van der Waals surface area contributed by atoms with Crippen molar-refractivity contribution in [3.05, 3.63) is 53.6 Å². The van der Waals surface area contributed by atoms with Gasteiger partial charge in [0.15, 0.2) is 17.3 Å². The number of hydrogen-bond acceptors (Lipinski definition) is 6. The maximum Gasteiger partial charge on any atom is 0.263 e.